The number of aryl methyl sites for hydroxylation is 1. The van der Waals surface area contributed by atoms with Crippen LogP contribution in [0, 0.1) is 0 Å². The summed E-state index contributed by atoms with van der Waals surface area (Å²) in [7, 11) is 0. The Bertz CT molecular complexity index is 387. The second-order valence-electron chi connectivity index (χ2n) is 3.51. The molecule has 0 bridgehead atoms. The Hall–Kier alpha value is -1.59. The average Bonchev–Trinajstić information content (AvgIpc) is 2.26. The molecule has 1 aromatic carbocycles. The zero-order valence-corrected chi connectivity index (χ0v) is 8.67. The second kappa shape index (κ2) is 5.16. The predicted octanol–water partition coefficient (Wildman–Crippen LogP) is 3.06. The number of hydrogen-bond acceptors (Lipinski definition) is 1. The Morgan fingerprint density at radius 1 is 1.24 bits per heavy atom. The lowest BCUT2D eigenvalue weighted by Gasteiger charge is -2.15. The van der Waals surface area contributed by atoms with Crippen molar-refractivity contribution >= 4 is 5.97 Å². The highest BCUT2D eigenvalue weighted by Gasteiger charge is 2.42. The maximum Gasteiger partial charge on any atom is 0.332 e. The molecule has 0 radical (unpaired) electrons. The summed E-state index contributed by atoms with van der Waals surface area (Å²) in [5.41, 5.74) is -0.257. The maximum atomic E-state index is 12.9. The van der Waals surface area contributed by atoms with E-state index < -0.39 is 23.9 Å². The van der Waals surface area contributed by atoms with Crippen LogP contribution in [0.5, 0.6) is 0 Å². The van der Waals surface area contributed by atoms with Crippen LogP contribution in [-0.2, 0) is 17.1 Å². The Morgan fingerprint density at radius 2 is 1.76 bits per heavy atom. The number of carbonyl (C=O) groups is 1. The van der Waals surface area contributed by atoms with Crippen molar-refractivity contribution < 1.29 is 27.5 Å². The fourth-order valence-electron chi connectivity index (χ4n) is 1.27. The van der Waals surface area contributed by atoms with Gasteiger partial charge in [-0.05, 0) is 12.0 Å². The van der Waals surface area contributed by atoms with Crippen molar-refractivity contribution in [2.24, 2.45) is 0 Å². The summed E-state index contributed by atoms with van der Waals surface area (Å²) in [6.45, 7) is 0. The van der Waals surface area contributed by atoms with Crippen molar-refractivity contribution in [2.45, 2.75) is 25.2 Å². The molecule has 0 aliphatic rings. The van der Waals surface area contributed by atoms with Crippen LogP contribution in [-0.4, -0.2) is 17.5 Å². The Morgan fingerprint density at radius 3 is 2.18 bits per heavy atom. The standard InChI is InChI=1S/C11H10F4O2/c12-10(13)11(14,15)8-4-1-7(2-5-8)3-6-9(16)17/h1-2,4-5,10H,3,6H2,(H,16,17). The van der Waals surface area contributed by atoms with Crippen LogP contribution in [0.4, 0.5) is 17.6 Å². The van der Waals surface area contributed by atoms with Gasteiger partial charge in [-0.3, -0.25) is 4.79 Å². The summed E-state index contributed by atoms with van der Waals surface area (Å²) >= 11 is 0. The van der Waals surface area contributed by atoms with E-state index in [9.17, 15) is 22.4 Å². The summed E-state index contributed by atoms with van der Waals surface area (Å²) in [5, 5.41) is 8.41. The quantitative estimate of drug-likeness (QED) is 0.815. The van der Waals surface area contributed by atoms with Crippen LogP contribution in [0.1, 0.15) is 17.5 Å². The van der Waals surface area contributed by atoms with E-state index in [4.69, 9.17) is 5.11 Å². The van der Waals surface area contributed by atoms with Crippen LogP contribution < -0.4 is 0 Å². The first-order valence-corrected chi connectivity index (χ1v) is 4.81. The molecule has 1 N–H and O–H groups in total. The molecule has 94 valence electrons. The van der Waals surface area contributed by atoms with Gasteiger partial charge in [-0.1, -0.05) is 24.3 Å². The van der Waals surface area contributed by atoms with E-state index in [1.165, 1.54) is 12.1 Å². The molecule has 0 aromatic heterocycles. The van der Waals surface area contributed by atoms with Gasteiger partial charge in [-0.2, -0.15) is 8.78 Å². The van der Waals surface area contributed by atoms with E-state index in [0.717, 1.165) is 12.1 Å². The van der Waals surface area contributed by atoms with E-state index in [1.807, 2.05) is 0 Å². The summed E-state index contributed by atoms with van der Waals surface area (Å²) in [5.74, 6) is -5.18. The minimum absolute atomic E-state index is 0.134. The topological polar surface area (TPSA) is 37.3 Å². The van der Waals surface area contributed by atoms with Gasteiger partial charge in [0, 0.05) is 12.0 Å². The monoisotopic (exact) mass is 250 g/mol. The van der Waals surface area contributed by atoms with Gasteiger partial charge in [0.1, 0.15) is 0 Å². The summed E-state index contributed by atoms with van der Waals surface area (Å²) in [6.07, 6.45) is -3.71. The van der Waals surface area contributed by atoms with E-state index in [1.54, 1.807) is 0 Å². The third-order valence-electron chi connectivity index (χ3n) is 2.24. The summed E-state index contributed by atoms with van der Waals surface area (Å²) in [6, 6.07) is 4.25. The number of halogens is 4. The lowest BCUT2D eigenvalue weighted by Crippen LogP contribution is -2.23. The minimum atomic E-state index is -4.18. The highest BCUT2D eigenvalue weighted by Crippen LogP contribution is 2.34. The number of carboxylic acid groups (broad SMARTS) is 1. The van der Waals surface area contributed by atoms with Crippen molar-refractivity contribution in [2.75, 3.05) is 0 Å². The van der Waals surface area contributed by atoms with Crippen LogP contribution in [0.2, 0.25) is 0 Å². The molecule has 0 aliphatic carbocycles. The first-order chi connectivity index (χ1) is 7.84. The lowest BCUT2D eigenvalue weighted by molar-refractivity contribution is -0.137. The Kier molecular flexibility index (Phi) is 4.09. The van der Waals surface area contributed by atoms with Gasteiger partial charge < -0.3 is 5.11 Å². The third-order valence-corrected chi connectivity index (χ3v) is 2.24. The van der Waals surface area contributed by atoms with Crippen molar-refractivity contribution in [3.63, 3.8) is 0 Å². The molecule has 0 amide bonds. The molecule has 2 nitrogen and oxygen atoms in total. The number of alkyl halides is 4. The molecule has 0 heterocycles. The van der Waals surface area contributed by atoms with Crippen molar-refractivity contribution in [3.05, 3.63) is 35.4 Å². The van der Waals surface area contributed by atoms with Gasteiger partial charge in [0.2, 0.25) is 0 Å². The molecule has 0 fully saturated rings. The zero-order valence-electron chi connectivity index (χ0n) is 8.67. The first-order valence-electron chi connectivity index (χ1n) is 4.81. The van der Waals surface area contributed by atoms with Gasteiger partial charge in [0.15, 0.2) is 0 Å². The van der Waals surface area contributed by atoms with Crippen LogP contribution in [0.25, 0.3) is 0 Å². The Balaban J connectivity index is 2.77. The molecule has 0 saturated heterocycles. The van der Waals surface area contributed by atoms with E-state index >= 15 is 0 Å². The molecule has 0 saturated carbocycles. The minimum Gasteiger partial charge on any atom is -0.481 e. The lowest BCUT2D eigenvalue weighted by atomic mass is 10.0. The van der Waals surface area contributed by atoms with Crippen molar-refractivity contribution in [1.82, 2.24) is 0 Å². The molecule has 1 rings (SSSR count). The molecule has 0 spiro atoms. The Labute approximate surface area is 94.9 Å². The number of benzene rings is 1. The van der Waals surface area contributed by atoms with E-state index in [0.29, 0.717) is 5.56 Å². The SMILES string of the molecule is O=C(O)CCc1ccc(C(F)(F)C(F)F)cc1. The third kappa shape index (κ3) is 3.44. The normalized spacial score (nSPS) is 11.8. The van der Waals surface area contributed by atoms with Gasteiger partial charge >= 0.3 is 18.3 Å². The number of carboxylic acids is 1. The summed E-state index contributed by atoms with van der Waals surface area (Å²) < 4.78 is 49.8. The summed E-state index contributed by atoms with van der Waals surface area (Å²) in [4.78, 5) is 10.3. The van der Waals surface area contributed by atoms with Crippen LogP contribution >= 0.6 is 0 Å². The van der Waals surface area contributed by atoms with Crippen LogP contribution in [0.3, 0.4) is 0 Å². The fourth-order valence-corrected chi connectivity index (χ4v) is 1.27. The zero-order chi connectivity index (χ0) is 13.1. The smallest absolute Gasteiger partial charge is 0.332 e. The molecule has 6 heteroatoms. The molecule has 0 unspecified atom stereocenters. The molecule has 17 heavy (non-hydrogen) atoms. The second-order valence-corrected chi connectivity index (χ2v) is 3.51. The average molecular weight is 250 g/mol. The first kappa shape index (κ1) is 13.5. The molecule has 0 atom stereocenters. The molecule has 1 aromatic rings. The number of aliphatic carboxylic acids is 1. The molecule has 0 aliphatic heterocycles. The predicted molar refractivity (Wildman–Crippen MR) is 52.3 cm³/mol. The van der Waals surface area contributed by atoms with Gasteiger partial charge in [-0.25, -0.2) is 8.78 Å². The van der Waals surface area contributed by atoms with E-state index in [-0.39, 0.29) is 12.8 Å². The highest BCUT2D eigenvalue weighted by atomic mass is 19.3. The fraction of sp³-hybridized carbons (Fsp3) is 0.364. The van der Waals surface area contributed by atoms with Crippen LogP contribution in [0.15, 0.2) is 24.3 Å². The number of rotatable bonds is 5. The van der Waals surface area contributed by atoms with Gasteiger partial charge in [0.25, 0.3) is 0 Å². The van der Waals surface area contributed by atoms with Crippen molar-refractivity contribution in [1.29, 1.82) is 0 Å². The highest BCUT2D eigenvalue weighted by molar-refractivity contribution is 5.67. The largest absolute Gasteiger partial charge is 0.481 e. The molecular formula is C11H10F4O2. The number of hydrogen-bond donors (Lipinski definition) is 1. The van der Waals surface area contributed by atoms with E-state index in [2.05, 4.69) is 0 Å². The molecular weight excluding hydrogens is 240 g/mol. The van der Waals surface area contributed by atoms with Gasteiger partial charge in [-0.15, -0.1) is 0 Å². The van der Waals surface area contributed by atoms with Gasteiger partial charge in [0.05, 0.1) is 0 Å². The maximum absolute atomic E-state index is 12.9. The van der Waals surface area contributed by atoms with Crippen molar-refractivity contribution in [3.8, 4) is 0 Å².